The number of likely N-dealkylation sites (tertiary alicyclic amines) is 1. The molecule has 33 heavy (non-hydrogen) atoms. The highest BCUT2D eigenvalue weighted by atomic mass is 19.1. The normalized spacial score (nSPS) is 16.3. The number of phenolic OH excluding ortho intramolecular Hbond substituents is 1. The summed E-state index contributed by atoms with van der Waals surface area (Å²) in [6, 6.07) is 9.72. The number of hydrogen-bond acceptors (Lipinski definition) is 5. The zero-order chi connectivity index (χ0) is 23.5. The number of ketones is 1. The molecule has 1 fully saturated rings. The van der Waals surface area contributed by atoms with E-state index < -0.39 is 28.9 Å². The lowest BCUT2D eigenvalue weighted by atomic mass is 9.98. The number of pyridine rings is 1. The van der Waals surface area contributed by atoms with Crippen LogP contribution in [0.25, 0.3) is 10.9 Å². The van der Waals surface area contributed by atoms with Crippen molar-refractivity contribution in [3.8, 4) is 5.75 Å². The number of nitrogens with zero attached hydrogens (tertiary/aromatic N) is 2. The van der Waals surface area contributed by atoms with Crippen LogP contribution in [-0.2, 0) is 0 Å². The third-order valence-corrected chi connectivity index (χ3v) is 5.83. The molecule has 1 atom stereocenters. The number of fused-ring (bicyclic) bond motifs is 1. The van der Waals surface area contributed by atoms with Gasteiger partial charge < -0.3 is 21.1 Å². The number of carbonyl (C=O) groups is 3. The number of amides is 3. The third-order valence-electron chi connectivity index (χ3n) is 5.83. The average molecular weight is 450 g/mol. The molecule has 170 valence electrons. The lowest BCUT2D eigenvalue weighted by Crippen LogP contribution is -2.38. The molecule has 0 unspecified atom stereocenters. The van der Waals surface area contributed by atoms with E-state index in [9.17, 15) is 23.9 Å². The van der Waals surface area contributed by atoms with Gasteiger partial charge in [0.05, 0.1) is 0 Å². The van der Waals surface area contributed by atoms with Crippen molar-refractivity contribution in [2.45, 2.75) is 25.3 Å². The number of phenols is 1. The molecule has 0 radical (unpaired) electrons. The first-order chi connectivity index (χ1) is 15.8. The van der Waals surface area contributed by atoms with Crippen molar-refractivity contribution in [2.24, 2.45) is 5.73 Å². The second kappa shape index (κ2) is 9.23. The van der Waals surface area contributed by atoms with E-state index >= 15 is 0 Å². The first kappa shape index (κ1) is 22.2. The summed E-state index contributed by atoms with van der Waals surface area (Å²) in [7, 11) is 0. The van der Waals surface area contributed by atoms with Crippen molar-refractivity contribution < 1.29 is 23.9 Å². The zero-order valence-electron chi connectivity index (χ0n) is 17.8. The van der Waals surface area contributed by atoms with Gasteiger partial charge in [-0.05, 0) is 43.5 Å². The monoisotopic (exact) mass is 450 g/mol. The second-order valence-electron chi connectivity index (χ2n) is 7.99. The summed E-state index contributed by atoms with van der Waals surface area (Å²) in [5.41, 5.74) is 5.33. The molecule has 3 amide bonds. The van der Waals surface area contributed by atoms with Crippen LogP contribution in [0.5, 0.6) is 5.75 Å². The highest BCUT2D eigenvalue weighted by Crippen LogP contribution is 2.30. The van der Waals surface area contributed by atoms with Crippen molar-refractivity contribution in [1.82, 2.24) is 15.2 Å². The smallest absolute Gasteiger partial charge is 0.314 e. The van der Waals surface area contributed by atoms with Crippen molar-refractivity contribution >= 4 is 28.6 Å². The summed E-state index contributed by atoms with van der Waals surface area (Å²) < 4.78 is 14.9. The van der Waals surface area contributed by atoms with Crippen LogP contribution in [0.4, 0.5) is 9.18 Å². The minimum absolute atomic E-state index is 0.00653. The fourth-order valence-electron chi connectivity index (χ4n) is 4.03. The van der Waals surface area contributed by atoms with E-state index in [4.69, 9.17) is 5.73 Å². The number of nitrogens with two attached hydrogens (primary N) is 1. The van der Waals surface area contributed by atoms with Gasteiger partial charge in [-0.1, -0.05) is 18.2 Å². The lowest BCUT2D eigenvalue weighted by Gasteiger charge is -2.18. The van der Waals surface area contributed by atoms with Crippen LogP contribution in [0.1, 0.15) is 45.5 Å². The van der Waals surface area contributed by atoms with Gasteiger partial charge in [0.25, 0.3) is 5.91 Å². The van der Waals surface area contributed by atoms with E-state index in [0.717, 1.165) is 12.8 Å². The van der Waals surface area contributed by atoms with Gasteiger partial charge in [0.15, 0.2) is 11.6 Å². The molecule has 9 heteroatoms. The van der Waals surface area contributed by atoms with E-state index in [0.29, 0.717) is 30.5 Å². The molecule has 1 saturated heterocycles. The van der Waals surface area contributed by atoms with Crippen LogP contribution in [0.3, 0.4) is 0 Å². The Balaban J connectivity index is 1.48. The molecule has 0 bridgehead atoms. The van der Waals surface area contributed by atoms with E-state index in [1.54, 1.807) is 17.0 Å². The quantitative estimate of drug-likeness (QED) is 0.527. The number of carbonyl (C=O) groups excluding carboxylic acids is 3. The minimum Gasteiger partial charge on any atom is -0.507 e. The van der Waals surface area contributed by atoms with Gasteiger partial charge in [-0.15, -0.1) is 0 Å². The first-order valence-electron chi connectivity index (χ1n) is 10.6. The maximum atomic E-state index is 14.9. The number of aromatic nitrogens is 1. The van der Waals surface area contributed by atoms with Crippen molar-refractivity contribution in [3.63, 3.8) is 0 Å². The summed E-state index contributed by atoms with van der Waals surface area (Å²) in [6.45, 7) is 1.04. The van der Waals surface area contributed by atoms with Gasteiger partial charge in [-0.25, -0.2) is 9.18 Å². The largest absolute Gasteiger partial charge is 0.507 e. The molecule has 1 aliphatic rings. The molecule has 1 aromatic heterocycles. The van der Waals surface area contributed by atoms with Gasteiger partial charge in [-0.2, -0.15) is 0 Å². The van der Waals surface area contributed by atoms with E-state index in [-0.39, 0.29) is 23.0 Å². The molecule has 2 heterocycles. The molecule has 2 aromatic carbocycles. The maximum Gasteiger partial charge on any atom is 0.314 e. The first-order valence-corrected chi connectivity index (χ1v) is 10.6. The van der Waals surface area contributed by atoms with Crippen LogP contribution >= 0.6 is 0 Å². The molecule has 8 nitrogen and oxygen atoms in total. The summed E-state index contributed by atoms with van der Waals surface area (Å²) in [4.78, 5) is 42.4. The highest BCUT2D eigenvalue weighted by Gasteiger charge is 2.23. The Kier molecular flexibility index (Phi) is 6.21. The number of urea groups is 1. The van der Waals surface area contributed by atoms with E-state index in [1.165, 1.54) is 36.5 Å². The third kappa shape index (κ3) is 4.62. The molecule has 1 aliphatic heterocycles. The van der Waals surface area contributed by atoms with E-state index in [2.05, 4.69) is 10.3 Å². The summed E-state index contributed by atoms with van der Waals surface area (Å²) >= 11 is 0. The summed E-state index contributed by atoms with van der Waals surface area (Å²) in [5.74, 6) is -2.38. The number of benzene rings is 2. The number of primary amides is 1. The maximum absolute atomic E-state index is 14.9. The van der Waals surface area contributed by atoms with Crippen LogP contribution < -0.4 is 11.1 Å². The van der Waals surface area contributed by atoms with Crippen molar-refractivity contribution in [3.05, 3.63) is 71.2 Å². The Labute approximate surface area is 189 Å². The predicted molar refractivity (Wildman–Crippen MR) is 120 cm³/mol. The number of rotatable bonds is 4. The Morgan fingerprint density at radius 3 is 2.55 bits per heavy atom. The van der Waals surface area contributed by atoms with Gasteiger partial charge in [0, 0.05) is 41.8 Å². The zero-order valence-corrected chi connectivity index (χ0v) is 17.8. The number of halogens is 1. The van der Waals surface area contributed by atoms with E-state index in [1.807, 2.05) is 0 Å². The van der Waals surface area contributed by atoms with Crippen molar-refractivity contribution in [1.29, 1.82) is 0 Å². The fourth-order valence-corrected chi connectivity index (χ4v) is 4.03. The van der Waals surface area contributed by atoms with Gasteiger partial charge in [-0.3, -0.25) is 14.6 Å². The Morgan fingerprint density at radius 2 is 1.82 bits per heavy atom. The highest BCUT2D eigenvalue weighted by molar-refractivity contribution is 6.13. The van der Waals surface area contributed by atoms with Gasteiger partial charge in [0.1, 0.15) is 16.8 Å². The topological polar surface area (TPSA) is 126 Å². The molecule has 4 N–H and O–H groups in total. The number of aromatic hydroxyl groups is 1. The van der Waals surface area contributed by atoms with Gasteiger partial charge >= 0.3 is 6.03 Å². The fraction of sp³-hybridized carbons (Fsp3) is 0.250. The minimum atomic E-state index is -0.893. The second-order valence-corrected chi connectivity index (χ2v) is 7.99. The Morgan fingerprint density at radius 1 is 1.09 bits per heavy atom. The van der Waals surface area contributed by atoms with Crippen LogP contribution in [0.2, 0.25) is 0 Å². The lowest BCUT2D eigenvalue weighted by molar-refractivity contribution is 0.0932. The summed E-state index contributed by atoms with van der Waals surface area (Å²) in [5, 5.41) is 13.6. The van der Waals surface area contributed by atoms with Crippen LogP contribution in [0, 0.1) is 5.82 Å². The average Bonchev–Trinajstić information content (AvgIpc) is 3.05. The Bertz CT molecular complexity index is 1230. The standard InChI is InChI=1S/C24H23FN4O4/c25-20-19(18(30)13-16-3-1-10-27-21(16)20)22(31)14-5-7-15(8-6-14)23(32)28-17-4-2-11-29(12-9-17)24(26)33/h1,3,5-8,10,13,17,30H,2,4,9,11-12H2,(H2,26,33)(H,28,32)/t17-/m0/s1. The Hall–Kier alpha value is -4.01. The van der Waals surface area contributed by atoms with Gasteiger partial charge in [0.2, 0.25) is 0 Å². The number of hydrogen-bond donors (Lipinski definition) is 3. The molecule has 0 saturated carbocycles. The molecular formula is C24H23FN4O4. The molecular weight excluding hydrogens is 427 g/mol. The predicted octanol–water partition coefficient (Wildman–Crippen LogP) is 2.97. The molecule has 3 aromatic rings. The molecule has 4 rings (SSSR count). The SMILES string of the molecule is NC(=O)N1CCC[C@H](NC(=O)c2ccc(C(=O)c3c(O)cc4cccnc4c3F)cc2)CC1. The summed E-state index contributed by atoms with van der Waals surface area (Å²) in [6.07, 6.45) is 3.46. The van der Waals surface area contributed by atoms with Crippen LogP contribution in [-0.4, -0.2) is 51.8 Å². The molecule has 0 aliphatic carbocycles. The number of nitrogens with one attached hydrogen (secondary N) is 1. The van der Waals surface area contributed by atoms with Crippen molar-refractivity contribution in [2.75, 3.05) is 13.1 Å². The van der Waals surface area contributed by atoms with Crippen LogP contribution in [0.15, 0.2) is 48.7 Å². The molecule has 0 spiro atoms.